The molecule has 1 N–H and O–H groups in total. The highest BCUT2D eigenvalue weighted by molar-refractivity contribution is 9.11. The summed E-state index contributed by atoms with van der Waals surface area (Å²) in [5.41, 5.74) is 0.876. The normalized spacial score (nSPS) is 11.1. The molecule has 0 atom stereocenters. The molecule has 0 aliphatic rings. The minimum absolute atomic E-state index is 0.823. The maximum Gasteiger partial charge on any atom is 0.182 e. The largest absolute Gasteiger partial charge is 0.411 e. The van der Waals surface area contributed by atoms with Crippen LogP contribution in [0, 0.1) is 0 Å². The molecule has 2 heterocycles. The van der Waals surface area contributed by atoms with Gasteiger partial charge in [-0.3, -0.25) is 0 Å². The first-order valence-corrected chi connectivity index (χ1v) is 6.29. The van der Waals surface area contributed by atoms with Crippen LogP contribution < -0.4 is 4.57 Å². The Bertz CT molecular complexity index is 510. The second-order valence-electron chi connectivity index (χ2n) is 3.26. The molecule has 2 aromatic heterocycles. The molecule has 0 spiro atoms. The van der Waals surface area contributed by atoms with Crippen molar-refractivity contribution in [3.05, 3.63) is 50.9 Å². The first-order valence-electron chi connectivity index (χ1n) is 4.68. The topological polar surface area (TPSA) is 36.5 Å². The average Bonchev–Trinajstić information content (AvgIpc) is 2.65. The molecule has 3 nitrogen and oxygen atoms in total. The van der Waals surface area contributed by atoms with E-state index in [1.165, 1.54) is 11.1 Å². The second-order valence-corrected chi connectivity index (χ2v) is 5.81. The van der Waals surface area contributed by atoms with E-state index in [-0.39, 0.29) is 0 Å². The van der Waals surface area contributed by atoms with Gasteiger partial charge in [0, 0.05) is 6.07 Å². The first-order chi connectivity index (χ1) is 7.78. The van der Waals surface area contributed by atoms with Crippen molar-refractivity contribution >= 4 is 33.5 Å². The molecule has 0 fully saturated rings. The number of thiophene rings is 1. The van der Waals surface area contributed by atoms with E-state index in [4.69, 9.17) is 5.21 Å². The molecule has 0 bridgehead atoms. The van der Waals surface area contributed by atoms with E-state index in [1.807, 2.05) is 30.6 Å². The van der Waals surface area contributed by atoms with Crippen LogP contribution in [0.4, 0.5) is 0 Å². The fourth-order valence-corrected chi connectivity index (χ4v) is 2.89. The number of hydrogen-bond acceptors (Lipinski definition) is 3. The van der Waals surface area contributed by atoms with Crippen LogP contribution in [0.2, 0.25) is 0 Å². The Balaban J connectivity index is 2.18. The van der Waals surface area contributed by atoms with Crippen LogP contribution in [0.15, 0.2) is 45.6 Å². The van der Waals surface area contributed by atoms with Crippen molar-refractivity contribution in [3.63, 3.8) is 0 Å². The Morgan fingerprint density at radius 3 is 3.00 bits per heavy atom. The smallest absolute Gasteiger partial charge is 0.182 e. The Morgan fingerprint density at radius 1 is 1.44 bits per heavy atom. The molecule has 2 aromatic rings. The van der Waals surface area contributed by atoms with Gasteiger partial charge in [0.15, 0.2) is 18.9 Å². The molecule has 2 rings (SSSR count). The highest BCUT2D eigenvalue weighted by atomic mass is 79.9. The summed E-state index contributed by atoms with van der Waals surface area (Å²) < 4.78 is 3.19. The average molecular weight is 298 g/mol. The van der Waals surface area contributed by atoms with E-state index >= 15 is 0 Å². The predicted molar refractivity (Wildman–Crippen MR) is 67.1 cm³/mol. The van der Waals surface area contributed by atoms with Gasteiger partial charge in [-0.15, -0.1) is 11.3 Å². The van der Waals surface area contributed by atoms with Crippen LogP contribution in [0.1, 0.15) is 10.4 Å². The highest BCUT2D eigenvalue weighted by Crippen LogP contribution is 2.21. The Morgan fingerprint density at radius 2 is 2.31 bits per heavy atom. The summed E-state index contributed by atoms with van der Waals surface area (Å²) in [6.45, 7) is 0.823. The van der Waals surface area contributed by atoms with Crippen molar-refractivity contribution in [1.82, 2.24) is 0 Å². The van der Waals surface area contributed by atoms with Gasteiger partial charge in [-0.05, 0) is 34.1 Å². The second kappa shape index (κ2) is 5.23. The van der Waals surface area contributed by atoms with Gasteiger partial charge in [0.05, 0.1) is 20.4 Å². The van der Waals surface area contributed by atoms with Crippen molar-refractivity contribution in [1.29, 1.82) is 0 Å². The van der Waals surface area contributed by atoms with Gasteiger partial charge in [0.25, 0.3) is 0 Å². The zero-order valence-electron chi connectivity index (χ0n) is 8.38. The van der Waals surface area contributed by atoms with Gasteiger partial charge in [0.2, 0.25) is 0 Å². The standard InChI is InChI=1S/C11H9BrN2OS/c12-11-4-3-10(16-11)8-14-5-1-2-9(7-14)6-13-15/h1-7H,8H2/p+1/b13-6+. The summed E-state index contributed by atoms with van der Waals surface area (Å²) in [4.78, 5) is 1.27. The van der Waals surface area contributed by atoms with Crippen molar-refractivity contribution in [2.45, 2.75) is 6.54 Å². The summed E-state index contributed by atoms with van der Waals surface area (Å²) in [6.07, 6.45) is 5.34. The van der Waals surface area contributed by atoms with Crippen LogP contribution >= 0.6 is 27.3 Å². The van der Waals surface area contributed by atoms with Gasteiger partial charge in [-0.25, -0.2) is 0 Å². The molecule has 0 aromatic carbocycles. The molecule has 0 saturated heterocycles. The van der Waals surface area contributed by atoms with E-state index in [0.717, 1.165) is 15.9 Å². The number of nitrogens with zero attached hydrogens (tertiary/aromatic N) is 2. The first kappa shape index (κ1) is 11.3. The van der Waals surface area contributed by atoms with Crippen LogP contribution in [0.25, 0.3) is 0 Å². The van der Waals surface area contributed by atoms with Gasteiger partial charge in [-0.2, -0.15) is 4.57 Å². The minimum Gasteiger partial charge on any atom is -0.411 e. The Labute approximate surface area is 106 Å². The molecule has 0 amide bonds. The van der Waals surface area contributed by atoms with E-state index in [1.54, 1.807) is 11.3 Å². The molecule has 0 unspecified atom stereocenters. The number of pyridine rings is 1. The van der Waals surface area contributed by atoms with Crippen molar-refractivity contribution in [2.75, 3.05) is 0 Å². The van der Waals surface area contributed by atoms with Crippen LogP contribution in [0.3, 0.4) is 0 Å². The fourth-order valence-electron chi connectivity index (χ4n) is 1.40. The van der Waals surface area contributed by atoms with E-state index in [0.29, 0.717) is 0 Å². The molecule has 82 valence electrons. The van der Waals surface area contributed by atoms with Gasteiger partial charge in [-0.1, -0.05) is 5.16 Å². The van der Waals surface area contributed by atoms with Crippen molar-refractivity contribution < 1.29 is 9.77 Å². The van der Waals surface area contributed by atoms with Gasteiger partial charge >= 0.3 is 0 Å². The highest BCUT2D eigenvalue weighted by Gasteiger charge is 2.05. The van der Waals surface area contributed by atoms with Crippen LogP contribution in [-0.2, 0) is 6.54 Å². The van der Waals surface area contributed by atoms with Crippen molar-refractivity contribution in [2.24, 2.45) is 5.16 Å². The monoisotopic (exact) mass is 297 g/mol. The molecule has 0 aliphatic carbocycles. The predicted octanol–water partition coefficient (Wildman–Crippen LogP) is 2.65. The maximum absolute atomic E-state index is 8.46. The lowest BCUT2D eigenvalue weighted by Crippen LogP contribution is -2.33. The third-order valence-corrected chi connectivity index (χ3v) is 3.66. The number of halogens is 1. The number of hydrogen-bond donors (Lipinski definition) is 1. The zero-order valence-corrected chi connectivity index (χ0v) is 10.8. The third kappa shape index (κ3) is 2.90. The number of rotatable bonds is 3. The van der Waals surface area contributed by atoms with Crippen LogP contribution in [-0.4, -0.2) is 11.4 Å². The van der Waals surface area contributed by atoms with Crippen LogP contribution in [0.5, 0.6) is 0 Å². The molecule has 0 aliphatic heterocycles. The van der Waals surface area contributed by atoms with E-state index in [9.17, 15) is 0 Å². The van der Waals surface area contributed by atoms with E-state index in [2.05, 4.69) is 31.7 Å². The number of aromatic nitrogens is 1. The summed E-state index contributed by atoms with van der Waals surface area (Å²) in [5, 5.41) is 11.5. The molecular weight excluding hydrogens is 288 g/mol. The van der Waals surface area contributed by atoms with Gasteiger partial charge < -0.3 is 5.21 Å². The lowest BCUT2D eigenvalue weighted by Gasteiger charge is -1.94. The summed E-state index contributed by atoms with van der Waals surface area (Å²) >= 11 is 5.15. The van der Waals surface area contributed by atoms with Crippen molar-refractivity contribution in [3.8, 4) is 0 Å². The maximum atomic E-state index is 8.46. The van der Waals surface area contributed by atoms with E-state index < -0.39 is 0 Å². The minimum atomic E-state index is 0.823. The lowest BCUT2D eigenvalue weighted by molar-refractivity contribution is -0.687. The molecule has 0 radical (unpaired) electrons. The molecular formula is C11H10BrN2OS+. The number of oxime groups is 1. The Kier molecular flexibility index (Phi) is 3.69. The SMILES string of the molecule is O/N=C/c1ccc[n+](Cc2ccc(Br)s2)c1. The molecule has 16 heavy (non-hydrogen) atoms. The zero-order chi connectivity index (χ0) is 11.4. The summed E-state index contributed by atoms with van der Waals surface area (Å²) in [6, 6.07) is 7.95. The summed E-state index contributed by atoms with van der Waals surface area (Å²) in [7, 11) is 0. The Hall–Kier alpha value is -1.20. The quantitative estimate of drug-likeness (QED) is 0.402. The van der Waals surface area contributed by atoms with Gasteiger partial charge in [0.1, 0.15) is 0 Å². The molecule has 5 heteroatoms. The summed E-state index contributed by atoms with van der Waals surface area (Å²) in [5.74, 6) is 0. The molecule has 0 saturated carbocycles. The third-order valence-electron chi connectivity index (χ3n) is 2.06. The fraction of sp³-hybridized carbons (Fsp3) is 0.0909. The lowest BCUT2D eigenvalue weighted by atomic mass is 10.3.